The Morgan fingerprint density at radius 2 is 2.17 bits per heavy atom. The Bertz CT molecular complexity index is 977. The van der Waals surface area contributed by atoms with Crippen molar-refractivity contribution < 1.29 is 9.32 Å². The number of carbonyl (C=O) groups is 1. The van der Waals surface area contributed by atoms with Crippen LogP contribution < -0.4 is 5.32 Å². The molecule has 0 fully saturated rings. The molecule has 152 valence electrons. The third-order valence-corrected chi connectivity index (χ3v) is 5.62. The van der Waals surface area contributed by atoms with E-state index in [0.717, 1.165) is 35.4 Å². The van der Waals surface area contributed by atoms with Crippen LogP contribution in [0.2, 0.25) is 5.02 Å². The van der Waals surface area contributed by atoms with E-state index in [4.69, 9.17) is 16.1 Å². The molecule has 0 aliphatic rings. The molecule has 29 heavy (non-hydrogen) atoms. The van der Waals surface area contributed by atoms with Gasteiger partial charge < -0.3 is 9.84 Å². The maximum Gasteiger partial charge on any atom is 0.273 e. The van der Waals surface area contributed by atoms with Crippen LogP contribution in [0.15, 0.2) is 51.7 Å². The summed E-state index contributed by atoms with van der Waals surface area (Å²) in [4.78, 5) is 12.4. The van der Waals surface area contributed by atoms with Crippen LogP contribution in [-0.2, 0) is 6.42 Å². The van der Waals surface area contributed by atoms with Crippen LogP contribution in [-0.4, -0.2) is 17.6 Å². The number of aryl methyl sites for hydroxylation is 1. The summed E-state index contributed by atoms with van der Waals surface area (Å²) in [5.41, 5.74) is 4.98. The number of carbonyl (C=O) groups excluding carboxylic acids is 1. The molecule has 1 N–H and O–H groups in total. The number of amides is 1. The Balaban J connectivity index is 1.60. The first kappa shape index (κ1) is 21.3. The highest BCUT2D eigenvalue weighted by Gasteiger charge is 2.13. The number of hydrogen-bond acceptors (Lipinski definition) is 4. The van der Waals surface area contributed by atoms with Crippen molar-refractivity contribution in [3.63, 3.8) is 0 Å². The maximum atomic E-state index is 12.4. The lowest BCUT2D eigenvalue weighted by Gasteiger charge is -2.12. The van der Waals surface area contributed by atoms with E-state index in [-0.39, 0.29) is 5.91 Å². The number of thiophene rings is 1. The maximum absolute atomic E-state index is 12.4. The lowest BCUT2D eigenvalue weighted by molar-refractivity contribution is 0.0945. The first-order valence-corrected chi connectivity index (χ1v) is 11.1. The molecule has 0 bridgehead atoms. The van der Waals surface area contributed by atoms with E-state index < -0.39 is 0 Å². The summed E-state index contributed by atoms with van der Waals surface area (Å²) < 4.78 is 5.31. The number of hydrogen-bond donors (Lipinski definition) is 1. The van der Waals surface area contributed by atoms with Crippen molar-refractivity contribution >= 4 is 34.4 Å². The van der Waals surface area contributed by atoms with Gasteiger partial charge in [0.25, 0.3) is 5.91 Å². The minimum Gasteiger partial charge on any atom is -0.360 e. The lowest BCUT2D eigenvalue weighted by Crippen LogP contribution is -2.25. The number of aromatic nitrogens is 1. The molecule has 0 aliphatic heterocycles. The van der Waals surface area contributed by atoms with Gasteiger partial charge in [0, 0.05) is 24.1 Å². The molecule has 0 saturated carbocycles. The Hall–Kier alpha value is -2.37. The number of unbranched alkanes of at least 4 members (excludes halogenated alkanes) is 1. The van der Waals surface area contributed by atoms with Gasteiger partial charge in [0.1, 0.15) is 5.76 Å². The molecule has 3 aromatic rings. The number of rotatable bonds is 9. The highest BCUT2D eigenvalue weighted by molar-refractivity contribution is 7.07. The van der Waals surface area contributed by atoms with Crippen LogP contribution in [0.1, 0.15) is 59.1 Å². The fourth-order valence-corrected chi connectivity index (χ4v) is 3.95. The zero-order chi connectivity index (χ0) is 20.6. The van der Waals surface area contributed by atoms with Gasteiger partial charge in [0.2, 0.25) is 0 Å². The third kappa shape index (κ3) is 6.05. The number of allylic oxidation sites excluding steroid dienone is 1. The summed E-state index contributed by atoms with van der Waals surface area (Å²) in [6.45, 7) is 4.75. The van der Waals surface area contributed by atoms with Crippen LogP contribution in [0.5, 0.6) is 0 Å². The largest absolute Gasteiger partial charge is 0.360 e. The first-order valence-electron chi connectivity index (χ1n) is 9.77. The summed E-state index contributed by atoms with van der Waals surface area (Å²) in [6, 6.07) is 9.67. The van der Waals surface area contributed by atoms with E-state index >= 15 is 0 Å². The predicted octanol–water partition coefficient (Wildman–Crippen LogP) is 6.29. The monoisotopic (exact) mass is 428 g/mol. The van der Waals surface area contributed by atoms with E-state index in [1.807, 2.05) is 29.6 Å². The Labute approximate surface area is 180 Å². The van der Waals surface area contributed by atoms with Crippen LogP contribution >= 0.6 is 22.9 Å². The highest BCUT2D eigenvalue weighted by Crippen LogP contribution is 2.26. The summed E-state index contributed by atoms with van der Waals surface area (Å²) in [5.74, 6) is 0.467. The molecule has 0 unspecified atom stereocenters. The summed E-state index contributed by atoms with van der Waals surface area (Å²) in [5, 5.41) is 11.7. The highest BCUT2D eigenvalue weighted by atomic mass is 35.5. The normalized spacial score (nSPS) is 11.6. The summed E-state index contributed by atoms with van der Waals surface area (Å²) >= 11 is 7.83. The topological polar surface area (TPSA) is 55.1 Å². The van der Waals surface area contributed by atoms with Gasteiger partial charge in [-0.1, -0.05) is 42.2 Å². The quantitative estimate of drug-likeness (QED) is 0.435. The van der Waals surface area contributed by atoms with Crippen LogP contribution in [0.25, 0.3) is 5.57 Å². The second-order valence-electron chi connectivity index (χ2n) is 6.97. The van der Waals surface area contributed by atoms with E-state index in [2.05, 4.69) is 35.8 Å². The fraction of sp³-hybridized carbons (Fsp3) is 0.304. The number of halogens is 1. The van der Waals surface area contributed by atoms with Gasteiger partial charge in [0.15, 0.2) is 5.69 Å². The SMILES string of the molecule is CCC/C=C(/CCNC(=O)c1cc(Cc2ccsc2)on1)c1cc(Cl)ccc1C. The number of nitrogens with zero attached hydrogens (tertiary/aromatic N) is 1. The predicted molar refractivity (Wildman–Crippen MR) is 120 cm³/mol. The van der Waals surface area contributed by atoms with Gasteiger partial charge in [-0.25, -0.2) is 0 Å². The Kier molecular flexibility index (Phi) is 7.67. The minimum absolute atomic E-state index is 0.219. The smallest absolute Gasteiger partial charge is 0.273 e. The van der Waals surface area contributed by atoms with Crippen molar-refractivity contribution in [2.24, 2.45) is 0 Å². The average molecular weight is 429 g/mol. The summed E-state index contributed by atoms with van der Waals surface area (Å²) in [6.07, 6.45) is 5.67. The van der Waals surface area contributed by atoms with Crippen molar-refractivity contribution in [3.8, 4) is 0 Å². The molecule has 2 aromatic heterocycles. The van der Waals surface area contributed by atoms with Gasteiger partial charge in [-0.05, 0) is 71.0 Å². The van der Waals surface area contributed by atoms with Crippen molar-refractivity contribution in [1.82, 2.24) is 10.5 Å². The number of benzene rings is 1. The molecule has 6 heteroatoms. The molecule has 0 radical (unpaired) electrons. The zero-order valence-electron chi connectivity index (χ0n) is 16.7. The van der Waals surface area contributed by atoms with Crippen molar-refractivity contribution in [3.05, 3.63) is 80.3 Å². The summed E-state index contributed by atoms with van der Waals surface area (Å²) in [7, 11) is 0. The van der Waals surface area contributed by atoms with Crippen LogP contribution in [0.4, 0.5) is 0 Å². The second kappa shape index (κ2) is 10.4. The van der Waals surface area contributed by atoms with Gasteiger partial charge in [0.05, 0.1) is 0 Å². The standard InChI is InChI=1S/C23H25ClN2O2S/c1-3-4-5-18(21-13-19(24)7-6-16(21)2)8-10-25-23(27)22-14-20(28-26-22)12-17-9-11-29-15-17/h5-7,9,11,13-15H,3-4,8,10,12H2,1-2H3,(H,25,27)/b18-5-. The fourth-order valence-electron chi connectivity index (χ4n) is 3.10. The minimum atomic E-state index is -0.219. The van der Waals surface area contributed by atoms with Crippen LogP contribution in [0.3, 0.4) is 0 Å². The van der Waals surface area contributed by atoms with E-state index in [1.165, 1.54) is 11.1 Å². The van der Waals surface area contributed by atoms with Crippen molar-refractivity contribution in [2.75, 3.05) is 6.54 Å². The van der Waals surface area contributed by atoms with Gasteiger partial charge in [-0.2, -0.15) is 11.3 Å². The molecule has 0 saturated heterocycles. The van der Waals surface area contributed by atoms with Crippen LogP contribution in [0, 0.1) is 6.92 Å². The van der Waals surface area contributed by atoms with E-state index in [1.54, 1.807) is 17.4 Å². The molecule has 3 rings (SSSR count). The molecule has 0 aliphatic carbocycles. The second-order valence-corrected chi connectivity index (χ2v) is 8.19. The van der Waals surface area contributed by atoms with Gasteiger partial charge >= 0.3 is 0 Å². The molecular formula is C23H25ClN2O2S. The first-order chi connectivity index (χ1) is 14.1. The Morgan fingerprint density at radius 3 is 2.93 bits per heavy atom. The van der Waals surface area contributed by atoms with E-state index in [9.17, 15) is 4.79 Å². The molecule has 1 amide bonds. The Morgan fingerprint density at radius 1 is 1.31 bits per heavy atom. The molecule has 2 heterocycles. The number of nitrogens with one attached hydrogen (secondary N) is 1. The molecule has 4 nitrogen and oxygen atoms in total. The molecule has 0 spiro atoms. The average Bonchev–Trinajstić information content (AvgIpc) is 3.39. The molecular weight excluding hydrogens is 404 g/mol. The lowest BCUT2D eigenvalue weighted by atomic mass is 9.96. The molecule has 1 aromatic carbocycles. The van der Waals surface area contributed by atoms with Crippen molar-refractivity contribution in [2.45, 2.75) is 39.5 Å². The molecule has 0 atom stereocenters. The van der Waals surface area contributed by atoms with Crippen molar-refractivity contribution in [1.29, 1.82) is 0 Å². The van der Waals surface area contributed by atoms with E-state index in [0.29, 0.717) is 24.4 Å². The third-order valence-electron chi connectivity index (χ3n) is 4.65. The van der Waals surface area contributed by atoms with Gasteiger partial charge in [-0.15, -0.1) is 0 Å². The van der Waals surface area contributed by atoms with Gasteiger partial charge in [-0.3, -0.25) is 4.79 Å². The zero-order valence-corrected chi connectivity index (χ0v) is 18.3.